The lowest BCUT2D eigenvalue weighted by molar-refractivity contribution is -0.121. The number of fused-ring (bicyclic) bond motifs is 4. The van der Waals surface area contributed by atoms with Crippen LogP contribution in [-0.4, -0.2) is 153 Å². The van der Waals surface area contributed by atoms with Gasteiger partial charge in [0, 0.05) is 129 Å². The van der Waals surface area contributed by atoms with Crippen LogP contribution < -0.4 is 20.4 Å². The summed E-state index contributed by atoms with van der Waals surface area (Å²) in [5, 5.41) is 35.9. The van der Waals surface area contributed by atoms with Crippen molar-refractivity contribution in [1.82, 2.24) is 45.4 Å². The van der Waals surface area contributed by atoms with Crippen molar-refractivity contribution < 1.29 is 33.1 Å². The molecule has 0 saturated carbocycles. The van der Waals surface area contributed by atoms with Gasteiger partial charge in [0.25, 0.3) is 11.8 Å². The summed E-state index contributed by atoms with van der Waals surface area (Å²) in [6, 6.07) is 26.4. The first-order chi connectivity index (χ1) is 40.5. The highest BCUT2D eigenvalue weighted by atomic mass is 19.1. The van der Waals surface area contributed by atoms with E-state index in [0.717, 1.165) is 61.8 Å². The molecule has 4 aromatic carbocycles. The van der Waals surface area contributed by atoms with Crippen molar-refractivity contribution in [2.45, 2.75) is 124 Å². The predicted molar refractivity (Wildman–Crippen MR) is 326 cm³/mol. The number of benzene rings is 4. The Bertz CT molecular complexity index is 3680. The molecule has 0 bridgehead atoms. The van der Waals surface area contributed by atoms with Crippen LogP contribution in [0.25, 0.3) is 0 Å². The zero-order valence-electron chi connectivity index (χ0n) is 49.7. The fraction of sp³-hybridized carbons (Fsp3) is 0.433. The Morgan fingerprint density at radius 2 is 1.20 bits per heavy atom. The molecule has 8 heterocycles. The summed E-state index contributed by atoms with van der Waals surface area (Å²) in [4.78, 5) is 70.7. The SMILES string of the molecule is C.Cc1cc(F)ccc1Cc1cc2c(nn1)C(C)(C)CN2C(=O)CN1C[C@@H](C)NC[C@@H]1CN1Cc2c(C#N)cccc2C1=O.Cc1cc(F)ccc1Cc1cnc2c(c1)N(C(=O)CN1C[C@@H](C)NC[C@@H]1CN1Cc3c(O)cccc3C1=O)CC2(C)C. The number of nitrogens with zero attached hydrogens (tertiary/aromatic N) is 10. The second-order valence-corrected chi connectivity index (χ2v) is 25.4. The van der Waals surface area contributed by atoms with Gasteiger partial charge in [-0.1, -0.05) is 59.4 Å². The van der Waals surface area contributed by atoms with E-state index in [1.807, 2.05) is 35.9 Å². The minimum absolute atomic E-state index is 0. The van der Waals surface area contributed by atoms with Gasteiger partial charge in [-0.15, -0.1) is 0 Å². The van der Waals surface area contributed by atoms with Crippen LogP contribution in [0.3, 0.4) is 0 Å². The van der Waals surface area contributed by atoms with E-state index in [1.165, 1.54) is 24.3 Å². The van der Waals surface area contributed by atoms with Gasteiger partial charge in [-0.25, -0.2) is 8.78 Å². The van der Waals surface area contributed by atoms with Gasteiger partial charge in [0.2, 0.25) is 11.8 Å². The molecular weight excluding hydrogens is 1090 g/mol. The maximum absolute atomic E-state index is 14.0. The van der Waals surface area contributed by atoms with Crippen LogP contribution in [0, 0.1) is 36.8 Å². The van der Waals surface area contributed by atoms with E-state index < -0.39 is 0 Å². The summed E-state index contributed by atoms with van der Waals surface area (Å²) in [6.07, 6.45) is 2.97. The molecule has 4 amide bonds. The van der Waals surface area contributed by atoms with Gasteiger partial charge in [-0.2, -0.15) is 15.5 Å². The molecule has 6 aromatic rings. The maximum Gasteiger partial charge on any atom is 0.254 e. The molecule has 2 saturated heterocycles. The van der Waals surface area contributed by atoms with Crippen LogP contribution in [-0.2, 0) is 46.4 Å². The van der Waals surface area contributed by atoms with Gasteiger partial charge in [-0.3, -0.25) is 34.0 Å². The van der Waals surface area contributed by atoms with Gasteiger partial charge in [-0.05, 0) is 123 Å². The van der Waals surface area contributed by atoms with Crippen LogP contribution in [0.2, 0.25) is 0 Å². The average molecular weight is 1170 g/mol. The van der Waals surface area contributed by atoms with E-state index in [4.69, 9.17) is 4.98 Å². The molecule has 6 aliphatic rings. The molecule has 0 aliphatic carbocycles. The predicted octanol–water partition coefficient (Wildman–Crippen LogP) is 7.73. The number of nitriles is 1. The lowest BCUT2D eigenvalue weighted by Gasteiger charge is -2.41. The van der Waals surface area contributed by atoms with Gasteiger partial charge in [0.15, 0.2) is 0 Å². The van der Waals surface area contributed by atoms with E-state index >= 15 is 0 Å². The Balaban J connectivity index is 0.000000189. The second-order valence-electron chi connectivity index (χ2n) is 25.4. The first-order valence-corrected chi connectivity index (χ1v) is 29.4. The number of amides is 4. The van der Waals surface area contributed by atoms with Gasteiger partial charge in [0.1, 0.15) is 17.4 Å². The van der Waals surface area contributed by atoms with E-state index in [-0.39, 0.29) is 96.5 Å². The fourth-order valence-corrected chi connectivity index (χ4v) is 13.2. The Labute approximate surface area is 503 Å². The highest BCUT2D eigenvalue weighted by molar-refractivity contribution is 6.00. The number of phenols is 1. The third-order valence-electron chi connectivity index (χ3n) is 17.9. The standard InChI is InChI=1S/C33H36FN7O2.C33H38FN5O3.CH4/c1-20-10-24(34)9-8-22(20)11-25-12-29-31(38-37-25)33(3,4)19-41(29)30(42)18-39-15-21(2)36-14-26(39)16-40-17-28-23(13-35)6-5-7-27(28)32(40)43;1-20-10-24(34)9-8-23(20)11-22-12-28-31(36-13-22)33(3,4)19-39(28)30(41)18-37-15-21(2)35-14-25(37)16-38-17-27-26(32(38)42)6-5-7-29(27)40;/h5-10,12,21,26,36H,11,14-19H2,1-4H3;5-10,12-13,21,25,35,40H,11,14-19H2,1-4H3;1H4/t21-,26-;21-,25-;/m11./s1. The van der Waals surface area contributed by atoms with Crippen molar-refractivity contribution in [3.8, 4) is 11.8 Å². The molecule has 19 heteroatoms. The van der Waals surface area contributed by atoms with Gasteiger partial charge < -0.3 is 35.3 Å². The van der Waals surface area contributed by atoms with Crippen molar-refractivity contribution in [3.05, 3.63) is 175 Å². The third kappa shape index (κ3) is 12.3. The summed E-state index contributed by atoms with van der Waals surface area (Å²) in [5.41, 5.74) is 11.2. The number of phenolic OH excluding ortho intramolecular Hbond substituents is 1. The van der Waals surface area contributed by atoms with Crippen LogP contribution in [0.15, 0.2) is 91.1 Å². The number of pyridine rings is 1. The zero-order chi connectivity index (χ0) is 60.2. The Morgan fingerprint density at radius 1 is 0.686 bits per heavy atom. The minimum atomic E-state index is -0.356. The third-order valence-corrected chi connectivity index (χ3v) is 17.9. The molecule has 0 spiro atoms. The first kappa shape index (κ1) is 61.1. The molecule has 12 rings (SSSR count). The zero-order valence-corrected chi connectivity index (χ0v) is 49.7. The molecule has 0 radical (unpaired) electrons. The molecule has 86 heavy (non-hydrogen) atoms. The van der Waals surface area contributed by atoms with Crippen molar-refractivity contribution in [2.75, 3.05) is 75.2 Å². The number of piperazine rings is 2. The smallest absolute Gasteiger partial charge is 0.254 e. The van der Waals surface area contributed by atoms with Crippen molar-refractivity contribution in [1.29, 1.82) is 5.26 Å². The minimum Gasteiger partial charge on any atom is -0.508 e. The highest BCUT2D eigenvalue weighted by Gasteiger charge is 2.44. The lowest BCUT2D eigenvalue weighted by Crippen LogP contribution is -2.60. The molecule has 450 valence electrons. The molecule has 2 fully saturated rings. The summed E-state index contributed by atoms with van der Waals surface area (Å²) < 4.78 is 27.3. The Hall–Kier alpha value is -8.02. The summed E-state index contributed by atoms with van der Waals surface area (Å²) in [5.74, 6) is -0.559. The van der Waals surface area contributed by atoms with Crippen molar-refractivity contribution in [3.63, 3.8) is 0 Å². The van der Waals surface area contributed by atoms with Crippen LogP contribution in [0.4, 0.5) is 20.2 Å². The molecule has 6 aliphatic heterocycles. The monoisotopic (exact) mass is 1170 g/mol. The molecule has 17 nitrogen and oxygen atoms in total. The number of aryl methyl sites for hydroxylation is 2. The quantitative estimate of drug-likeness (QED) is 0.108. The van der Waals surface area contributed by atoms with Crippen molar-refractivity contribution >= 4 is 35.0 Å². The number of aromatic nitrogens is 3. The molecule has 2 aromatic heterocycles. The number of hydrogen-bond donors (Lipinski definition) is 3. The average Bonchev–Trinajstić information content (AvgIpc) is 2.03. The molecule has 4 atom stereocenters. The largest absolute Gasteiger partial charge is 0.508 e. The normalized spacial score (nSPS) is 21.0. The Kier molecular flexibility index (Phi) is 17.3. The number of hydrogen-bond acceptors (Lipinski definition) is 13. The summed E-state index contributed by atoms with van der Waals surface area (Å²) in [6.45, 7) is 22.1. The number of nitrogens with one attached hydrogen (secondary N) is 2. The fourth-order valence-electron chi connectivity index (χ4n) is 13.2. The van der Waals surface area contributed by atoms with E-state index in [2.05, 4.69) is 84.3 Å². The van der Waals surface area contributed by atoms with Crippen LogP contribution in [0.1, 0.15) is 131 Å². The number of carbonyl (C=O) groups excluding carboxylic acids is 4. The maximum atomic E-state index is 14.0. The van der Waals surface area contributed by atoms with Gasteiger partial charge in [0.05, 0.1) is 59.7 Å². The molecule has 0 unspecified atom stereocenters. The first-order valence-electron chi connectivity index (χ1n) is 29.4. The van der Waals surface area contributed by atoms with E-state index in [0.29, 0.717) is 101 Å². The number of aromatic hydroxyl groups is 1. The van der Waals surface area contributed by atoms with E-state index in [1.54, 1.807) is 58.3 Å². The second kappa shape index (κ2) is 24.4. The van der Waals surface area contributed by atoms with E-state index in [9.17, 15) is 38.3 Å². The number of carbonyl (C=O) groups is 4. The topological polar surface area (TPSA) is 194 Å². The number of rotatable bonds is 12. The summed E-state index contributed by atoms with van der Waals surface area (Å²) in [7, 11) is 0. The lowest BCUT2D eigenvalue weighted by atomic mass is 9.91. The van der Waals surface area contributed by atoms with Crippen molar-refractivity contribution in [2.24, 2.45) is 0 Å². The highest BCUT2D eigenvalue weighted by Crippen LogP contribution is 2.42. The number of halogens is 2. The van der Waals surface area contributed by atoms with Gasteiger partial charge >= 0.3 is 0 Å². The van der Waals surface area contributed by atoms with Crippen LogP contribution in [0.5, 0.6) is 5.75 Å². The number of anilines is 2. The summed E-state index contributed by atoms with van der Waals surface area (Å²) >= 11 is 0. The Morgan fingerprint density at radius 3 is 1.74 bits per heavy atom. The van der Waals surface area contributed by atoms with Crippen LogP contribution >= 0.6 is 0 Å². The molecular formula is C67H78F2N12O5. The molecule has 3 N–H and O–H groups in total.